The Hall–Kier alpha value is -2.54. The van der Waals surface area contributed by atoms with E-state index in [9.17, 15) is 27.5 Å². The van der Waals surface area contributed by atoms with Crippen LogP contribution in [0.2, 0.25) is 0 Å². The van der Waals surface area contributed by atoms with E-state index in [1.165, 1.54) is 30.5 Å². The molecule has 1 aliphatic carbocycles. The van der Waals surface area contributed by atoms with Gasteiger partial charge in [-0.1, -0.05) is 13.0 Å². The molecule has 0 amide bonds. The Labute approximate surface area is 203 Å². The van der Waals surface area contributed by atoms with Gasteiger partial charge in [0.2, 0.25) is 10.0 Å². The van der Waals surface area contributed by atoms with Gasteiger partial charge >= 0.3 is 5.69 Å². The lowest BCUT2D eigenvalue weighted by Gasteiger charge is -2.28. The molecule has 1 saturated carbocycles. The zero-order chi connectivity index (χ0) is 25.5. The number of nitrogens with one attached hydrogen (secondary N) is 2. The number of nitrogens with zero attached hydrogens (tertiary/aromatic N) is 1. The van der Waals surface area contributed by atoms with Crippen LogP contribution in [0.3, 0.4) is 0 Å². The van der Waals surface area contributed by atoms with Crippen LogP contribution in [0.25, 0.3) is 0 Å². The number of H-pyrrole nitrogens is 1. The van der Waals surface area contributed by atoms with Gasteiger partial charge in [-0.15, -0.1) is 0 Å². The molecule has 1 aliphatic rings. The molecule has 0 saturated heterocycles. The van der Waals surface area contributed by atoms with Crippen molar-refractivity contribution in [3.63, 3.8) is 0 Å². The number of sulfonamides is 1. The highest BCUT2D eigenvalue weighted by Crippen LogP contribution is 2.32. The van der Waals surface area contributed by atoms with E-state index in [1.54, 1.807) is 6.92 Å². The van der Waals surface area contributed by atoms with Gasteiger partial charge in [-0.05, 0) is 56.2 Å². The highest BCUT2D eigenvalue weighted by Gasteiger charge is 2.30. The van der Waals surface area contributed by atoms with Crippen molar-refractivity contribution in [1.82, 2.24) is 14.3 Å². The van der Waals surface area contributed by atoms with E-state index in [-0.39, 0.29) is 50.3 Å². The summed E-state index contributed by atoms with van der Waals surface area (Å²) in [6.07, 6.45) is 5.34. The van der Waals surface area contributed by atoms with Crippen molar-refractivity contribution in [2.45, 2.75) is 63.9 Å². The molecule has 3 rings (SSSR count). The monoisotopic (exact) mass is 513 g/mol. The van der Waals surface area contributed by atoms with Crippen LogP contribution in [-0.4, -0.2) is 48.1 Å². The summed E-state index contributed by atoms with van der Waals surface area (Å²) in [7, 11) is -3.74. The number of benzene rings is 1. The Balaban J connectivity index is 1.52. The van der Waals surface area contributed by atoms with Gasteiger partial charge in [0.15, 0.2) is 11.6 Å². The number of rotatable bonds is 13. The molecule has 35 heavy (non-hydrogen) atoms. The van der Waals surface area contributed by atoms with Crippen molar-refractivity contribution in [2.24, 2.45) is 0 Å². The summed E-state index contributed by atoms with van der Waals surface area (Å²) < 4.78 is 53.8. The first-order valence-corrected chi connectivity index (χ1v) is 13.3. The number of hydrogen-bond donors (Lipinski definition) is 3. The SMILES string of the molecule is CC[C@@](O)(CNS(=O)(=O)CCCOCn1ccc(=O)[nH]c1=O)c1ccc(F)c(OC2CCCC2)c1. The predicted molar refractivity (Wildman–Crippen MR) is 127 cm³/mol. The number of ether oxygens (including phenoxy) is 2. The summed E-state index contributed by atoms with van der Waals surface area (Å²) in [5.41, 5.74) is -2.32. The van der Waals surface area contributed by atoms with Crippen molar-refractivity contribution in [3.8, 4) is 5.75 Å². The number of hydrogen-bond acceptors (Lipinski definition) is 7. The summed E-state index contributed by atoms with van der Waals surface area (Å²) in [5, 5.41) is 11.1. The smallest absolute Gasteiger partial charge is 0.330 e. The van der Waals surface area contributed by atoms with Crippen LogP contribution in [-0.2, 0) is 27.1 Å². The second kappa shape index (κ2) is 11.9. The van der Waals surface area contributed by atoms with Gasteiger partial charge in [0.1, 0.15) is 12.3 Å². The van der Waals surface area contributed by atoms with Crippen molar-refractivity contribution < 1.29 is 27.4 Å². The Bertz CT molecular complexity index is 1210. The average molecular weight is 514 g/mol. The Morgan fingerprint density at radius 2 is 2.00 bits per heavy atom. The molecule has 1 atom stereocenters. The molecule has 10 nitrogen and oxygen atoms in total. The van der Waals surface area contributed by atoms with Crippen LogP contribution in [0.5, 0.6) is 5.75 Å². The van der Waals surface area contributed by atoms with Gasteiger partial charge in [0, 0.05) is 25.4 Å². The van der Waals surface area contributed by atoms with E-state index in [0.717, 1.165) is 30.3 Å². The molecule has 0 aliphatic heterocycles. The molecule has 0 unspecified atom stereocenters. The highest BCUT2D eigenvalue weighted by molar-refractivity contribution is 7.89. The first kappa shape index (κ1) is 27.1. The van der Waals surface area contributed by atoms with Gasteiger partial charge in [-0.3, -0.25) is 14.3 Å². The van der Waals surface area contributed by atoms with Gasteiger partial charge in [-0.25, -0.2) is 22.3 Å². The molecule has 194 valence electrons. The van der Waals surface area contributed by atoms with Crippen LogP contribution in [0, 0.1) is 5.82 Å². The van der Waals surface area contributed by atoms with Crippen LogP contribution in [0.4, 0.5) is 4.39 Å². The van der Waals surface area contributed by atoms with E-state index in [0.29, 0.717) is 5.56 Å². The molecule has 0 spiro atoms. The topological polar surface area (TPSA) is 140 Å². The summed E-state index contributed by atoms with van der Waals surface area (Å²) in [6.45, 7) is 1.36. The van der Waals surface area contributed by atoms with Gasteiger partial charge < -0.3 is 14.6 Å². The molecule has 3 N–H and O–H groups in total. The van der Waals surface area contributed by atoms with E-state index in [1.807, 2.05) is 0 Å². The second-order valence-corrected chi connectivity index (χ2v) is 10.6. The van der Waals surface area contributed by atoms with E-state index < -0.39 is 32.7 Å². The molecular weight excluding hydrogens is 481 g/mol. The van der Waals surface area contributed by atoms with Crippen LogP contribution in [0.15, 0.2) is 40.1 Å². The van der Waals surface area contributed by atoms with Gasteiger partial charge in [-0.2, -0.15) is 0 Å². The van der Waals surface area contributed by atoms with E-state index in [2.05, 4.69) is 9.71 Å². The third kappa shape index (κ3) is 7.72. The Morgan fingerprint density at radius 1 is 1.26 bits per heavy atom. The maximum Gasteiger partial charge on any atom is 0.330 e. The third-order valence-corrected chi connectivity index (χ3v) is 7.47. The summed E-state index contributed by atoms with van der Waals surface area (Å²) >= 11 is 0. The third-order valence-electron chi connectivity index (χ3n) is 6.06. The maximum atomic E-state index is 14.3. The quantitative estimate of drug-likeness (QED) is 0.346. The van der Waals surface area contributed by atoms with Crippen LogP contribution in [0.1, 0.15) is 51.0 Å². The van der Waals surface area contributed by atoms with Crippen molar-refractivity contribution in [2.75, 3.05) is 18.9 Å². The standard InChI is InChI=1S/C23H32FN3O7S/c1-2-23(30,17-8-9-19(24)20(14-17)34-18-6-3-4-7-18)15-25-35(31,32)13-5-12-33-16-27-11-10-21(28)26-22(27)29/h8-11,14,18,25,30H,2-7,12-13,15-16H2,1H3,(H,26,28,29)/t23-/m1/s1. The highest BCUT2D eigenvalue weighted by atomic mass is 32.2. The molecule has 1 aromatic carbocycles. The molecule has 1 aromatic heterocycles. The summed E-state index contributed by atoms with van der Waals surface area (Å²) in [6, 6.07) is 5.28. The van der Waals surface area contributed by atoms with E-state index in [4.69, 9.17) is 9.47 Å². The Kier molecular flexibility index (Phi) is 9.22. The molecule has 1 heterocycles. The van der Waals surface area contributed by atoms with Crippen LogP contribution >= 0.6 is 0 Å². The number of aliphatic hydroxyl groups is 1. The zero-order valence-electron chi connectivity index (χ0n) is 19.7. The molecule has 0 radical (unpaired) electrons. The molecule has 12 heteroatoms. The number of aromatic amines is 1. The van der Waals surface area contributed by atoms with Crippen molar-refractivity contribution in [1.29, 1.82) is 0 Å². The lowest BCUT2D eigenvalue weighted by atomic mass is 9.91. The molecule has 1 fully saturated rings. The fraction of sp³-hybridized carbons (Fsp3) is 0.565. The first-order valence-electron chi connectivity index (χ1n) is 11.7. The minimum atomic E-state index is -3.74. The summed E-state index contributed by atoms with van der Waals surface area (Å²) in [5.74, 6) is -0.723. The van der Waals surface area contributed by atoms with Crippen molar-refractivity contribution >= 4 is 10.0 Å². The van der Waals surface area contributed by atoms with E-state index >= 15 is 0 Å². The zero-order valence-corrected chi connectivity index (χ0v) is 20.5. The number of aromatic nitrogens is 2. The molecule has 2 aromatic rings. The fourth-order valence-corrected chi connectivity index (χ4v) is 4.96. The predicted octanol–water partition coefficient (Wildman–Crippen LogP) is 1.58. The Morgan fingerprint density at radius 3 is 2.69 bits per heavy atom. The normalized spacial score (nSPS) is 16.3. The molecule has 0 bridgehead atoms. The summed E-state index contributed by atoms with van der Waals surface area (Å²) in [4.78, 5) is 24.7. The van der Waals surface area contributed by atoms with Gasteiger partial charge in [0.05, 0.1) is 11.9 Å². The minimum absolute atomic E-state index is 0.0574. The second-order valence-electron chi connectivity index (χ2n) is 8.67. The maximum absolute atomic E-state index is 14.3. The lowest BCUT2D eigenvalue weighted by Crippen LogP contribution is -2.41. The van der Waals surface area contributed by atoms with Gasteiger partial charge in [0.25, 0.3) is 5.56 Å². The first-order chi connectivity index (χ1) is 16.6. The number of halogens is 1. The largest absolute Gasteiger partial charge is 0.487 e. The average Bonchev–Trinajstić information content (AvgIpc) is 3.33. The van der Waals surface area contributed by atoms with Crippen molar-refractivity contribution in [3.05, 3.63) is 62.7 Å². The lowest BCUT2D eigenvalue weighted by molar-refractivity contribution is 0.0374. The van der Waals surface area contributed by atoms with Crippen LogP contribution < -0.4 is 20.7 Å². The molecular formula is C23H32FN3O7S. The fourth-order valence-electron chi connectivity index (χ4n) is 3.86. The minimum Gasteiger partial charge on any atom is -0.487 e.